The Morgan fingerprint density at radius 1 is 1.00 bits per heavy atom. The van der Waals surface area contributed by atoms with E-state index >= 15 is 0 Å². The van der Waals surface area contributed by atoms with E-state index in [0.29, 0.717) is 22.5 Å². The number of anilines is 1. The van der Waals surface area contributed by atoms with Crippen LogP contribution in [-0.2, 0) is 11.5 Å². The zero-order valence-electron chi connectivity index (χ0n) is 20.6. The quantitative estimate of drug-likeness (QED) is 0.104. The third kappa shape index (κ3) is 4.97. The fourth-order valence-corrected chi connectivity index (χ4v) is 4.40. The van der Waals surface area contributed by atoms with Crippen LogP contribution in [0.4, 0.5) is 5.69 Å². The Kier molecular flexibility index (Phi) is 6.76. The highest BCUT2D eigenvalue weighted by Gasteiger charge is 2.14. The molecule has 2 aromatic heterocycles. The van der Waals surface area contributed by atoms with E-state index in [9.17, 15) is 9.90 Å². The summed E-state index contributed by atoms with van der Waals surface area (Å²) in [6.45, 7) is 5.82. The van der Waals surface area contributed by atoms with Gasteiger partial charge in [0, 0.05) is 35.8 Å². The van der Waals surface area contributed by atoms with Crippen molar-refractivity contribution in [2.24, 2.45) is 0 Å². The van der Waals surface area contributed by atoms with Gasteiger partial charge in [-0.1, -0.05) is 24.3 Å². The summed E-state index contributed by atoms with van der Waals surface area (Å²) in [5, 5.41) is 19.4. The topological polar surface area (TPSA) is 112 Å². The molecule has 0 aliphatic heterocycles. The minimum atomic E-state index is -0.446. The fourth-order valence-electron chi connectivity index (χ4n) is 4.40. The maximum absolute atomic E-state index is 12.9. The van der Waals surface area contributed by atoms with Gasteiger partial charge >= 0.3 is 5.63 Å². The lowest BCUT2D eigenvalue weighted by Crippen LogP contribution is -2.21. The number of nitrogens with one attached hydrogen (secondary N) is 1. The van der Waals surface area contributed by atoms with Gasteiger partial charge in [-0.3, -0.25) is 5.26 Å². The van der Waals surface area contributed by atoms with Gasteiger partial charge in [0.15, 0.2) is 0 Å². The minimum absolute atomic E-state index is 0.0557. The maximum Gasteiger partial charge on any atom is 0.347 e. The normalized spacial score (nSPS) is 11.6. The molecule has 0 aliphatic rings. The van der Waals surface area contributed by atoms with Crippen molar-refractivity contribution in [2.45, 2.75) is 20.5 Å². The van der Waals surface area contributed by atoms with Crippen LogP contribution in [0.5, 0.6) is 5.75 Å². The molecular weight excluding hydrogens is 470 g/mol. The summed E-state index contributed by atoms with van der Waals surface area (Å²) in [6.07, 6.45) is 3.82. The average Bonchev–Trinajstić information content (AvgIpc) is 3.32. The van der Waals surface area contributed by atoms with E-state index in [-0.39, 0.29) is 12.4 Å². The number of phenols is 1. The van der Waals surface area contributed by atoms with Gasteiger partial charge in [-0.25, -0.2) is 14.7 Å². The van der Waals surface area contributed by atoms with Crippen molar-refractivity contribution < 1.29 is 19.7 Å². The van der Waals surface area contributed by atoms with Crippen molar-refractivity contribution in [1.29, 1.82) is 0 Å². The summed E-state index contributed by atoms with van der Waals surface area (Å²) in [5.41, 5.74) is 5.25. The number of nitrogens with zero attached hydrogens (tertiary/aromatic N) is 2. The molecule has 5 aromatic rings. The van der Waals surface area contributed by atoms with Crippen molar-refractivity contribution in [3.8, 4) is 17.1 Å². The predicted octanol–water partition coefficient (Wildman–Crippen LogP) is 6.05. The first-order valence-corrected chi connectivity index (χ1v) is 12.1. The Balaban J connectivity index is 1.44. The van der Waals surface area contributed by atoms with Crippen LogP contribution in [0.2, 0.25) is 0 Å². The van der Waals surface area contributed by atoms with E-state index in [1.54, 1.807) is 18.2 Å². The summed E-state index contributed by atoms with van der Waals surface area (Å²) in [4.78, 5) is 27.1. The van der Waals surface area contributed by atoms with Crippen molar-refractivity contribution >= 4 is 39.8 Å². The molecule has 8 heteroatoms. The minimum Gasteiger partial charge on any atom is -0.508 e. The lowest BCUT2D eigenvalue weighted by molar-refractivity contribution is -0.253. The third-order valence-corrected chi connectivity index (χ3v) is 6.40. The molecule has 188 valence electrons. The van der Waals surface area contributed by atoms with Crippen LogP contribution in [-0.4, -0.2) is 33.4 Å². The van der Waals surface area contributed by atoms with E-state index in [4.69, 9.17) is 9.67 Å². The van der Waals surface area contributed by atoms with Crippen LogP contribution >= 0.6 is 0 Å². The smallest absolute Gasteiger partial charge is 0.347 e. The summed E-state index contributed by atoms with van der Waals surface area (Å²) in [6, 6.07) is 18.5. The zero-order chi connectivity index (χ0) is 25.9. The van der Waals surface area contributed by atoms with Gasteiger partial charge < -0.3 is 19.4 Å². The molecule has 37 heavy (non-hydrogen) atoms. The molecule has 0 fully saturated rings. The third-order valence-electron chi connectivity index (χ3n) is 6.40. The summed E-state index contributed by atoms with van der Waals surface area (Å²) >= 11 is 0. The van der Waals surface area contributed by atoms with Crippen molar-refractivity contribution in [3.63, 3.8) is 0 Å². The van der Waals surface area contributed by atoms with Crippen LogP contribution in [0.25, 0.3) is 45.5 Å². The number of phenolic OH excluding ortho intramolecular Hbond substituents is 1. The summed E-state index contributed by atoms with van der Waals surface area (Å²) in [7, 11) is 0. The molecule has 0 aliphatic carbocycles. The number of hydrogen-bond acceptors (Lipinski definition) is 7. The molecule has 0 amide bonds. The van der Waals surface area contributed by atoms with E-state index in [1.165, 1.54) is 0 Å². The highest BCUT2D eigenvalue weighted by Crippen LogP contribution is 2.26. The number of aromatic hydroxyl groups is 1. The SMILES string of the molecule is CCN(CC)c1ccc2cc(-c3nc4ccc(/C=C/c5ccc(O)c(COO)c5)cc4[nH]3)c(=O)oc2c1. The number of fused-ring (bicyclic) bond motifs is 2. The molecular formula is C29H27N3O5. The number of aromatic nitrogens is 2. The molecule has 0 spiro atoms. The average molecular weight is 498 g/mol. The first-order chi connectivity index (χ1) is 18.0. The van der Waals surface area contributed by atoms with Gasteiger partial charge in [-0.2, -0.15) is 0 Å². The van der Waals surface area contributed by atoms with Gasteiger partial charge in [0.05, 0.1) is 11.0 Å². The monoisotopic (exact) mass is 497 g/mol. The second-order valence-electron chi connectivity index (χ2n) is 8.70. The van der Waals surface area contributed by atoms with Crippen molar-refractivity contribution in [3.05, 3.63) is 87.8 Å². The Morgan fingerprint density at radius 3 is 2.51 bits per heavy atom. The van der Waals surface area contributed by atoms with Crippen LogP contribution < -0.4 is 10.5 Å². The van der Waals surface area contributed by atoms with Gasteiger partial charge in [0.25, 0.3) is 0 Å². The Labute approximate surface area is 213 Å². The first-order valence-electron chi connectivity index (χ1n) is 12.1. The van der Waals surface area contributed by atoms with Crippen LogP contribution in [0.1, 0.15) is 30.5 Å². The van der Waals surface area contributed by atoms with Crippen molar-refractivity contribution in [2.75, 3.05) is 18.0 Å². The summed E-state index contributed by atoms with van der Waals surface area (Å²) in [5.74, 6) is 0.506. The molecule has 3 aromatic carbocycles. The maximum atomic E-state index is 12.9. The predicted molar refractivity (Wildman–Crippen MR) is 146 cm³/mol. The molecule has 0 saturated heterocycles. The highest BCUT2D eigenvalue weighted by atomic mass is 17.1. The number of hydrogen-bond donors (Lipinski definition) is 3. The van der Waals surface area contributed by atoms with Gasteiger partial charge in [0.1, 0.15) is 29.3 Å². The number of benzene rings is 3. The Bertz CT molecular complexity index is 1660. The molecule has 5 rings (SSSR count). The molecule has 0 unspecified atom stereocenters. The second kappa shape index (κ2) is 10.3. The summed E-state index contributed by atoms with van der Waals surface area (Å²) < 4.78 is 5.67. The zero-order valence-corrected chi connectivity index (χ0v) is 20.6. The number of rotatable bonds is 8. The number of imidazole rings is 1. The molecule has 8 nitrogen and oxygen atoms in total. The van der Waals surface area contributed by atoms with Gasteiger partial charge in [0.2, 0.25) is 0 Å². The molecule has 0 saturated carbocycles. The van der Waals surface area contributed by atoms with Crippen LogP contribution in [0.15, 0.2) is 69.9 Å². The molecule has 3 N–H and O–H groups in total. The molecule has 2 heterocycles. The molecule has 0 atom stereocenters. The molecule has 0 bridgehead atoms. The van der Waals surface area contributed by atoms with E-state index in [2.05, 4.69) is 33.6 Å². The largest absolute Gasteiger partial charge is 0.508 e. The van der Waals surface area contributed by atoms with Crippen LogP contribution in [0, 0.1) is 0 Å². The lowest BCUT2D eigenvalue weighted by Gasteiger charge is -2.20. The van der Waals surface area contributed by atoms with Gasteiger partial charge in [-0.15, -0.1) is 0 Å². The fraction of sp³-hybridized carbons (Fsp3) is 0.172. The standard InChI is InChI=1S/C29H27N3O5/c1-3-32(4-2)22-10-9-20-15-23(29(34)37-27(20)16-22)28-30-24-11-7-19(14-25(24)31-28)6-5-18-8-12-26(33)21(13-18)17-36-35/h5-16,33,35H,3-4,17H2,1-2H3,(H,30,31)/b6-5+. The number of H-pyrrole nitrogens is 1. The van der Waals surface area contributed by atoms with E-state index in [1.807, 2.05) is 54.6 Å². The van der Waals surface area contributed by atoms with Gasteiger partial charge in [-0.05, 0) is 67.4 Å². The first kappa shape index (κ1) is 24.3. The lowest BCUT2D eigenvalue weighted by atomic mass is 10.1. The Morgan fingerprint density at radius 2 is 1.76 bits per heavy atom. The van der Waals surface area contributed by atoms with Crippen molar-refractivity contribution in [1.82, 2.24) is 9.97 Å². The number of aromatic amines is 1. The molecule has 0 radical (unpaired) electrons. The second-order valence-corrected chi connectivity index (χ2v) is 8.70. The van der Waals surface area contributed by atoms with Crippen LogP contribution in [0.3, 0.4) is 0 Å². The Hall–Kier alpha value is -4.40. The van der Waals surface area contributed by atoms with E-state index < -0.39 is 5.63 Å². The van der Waals surface area contributed by atoms with E-state index in [0.717, 1.165) is 46.3 Å². The highest BCUT2D eigenvalue weighted by molar-refractivity contribution is 5.87.